The second kappa shape index (κ2) is 5.54. The van der Waals surface area contributed by atoms with Crippen molar-refractivity contribution in [3.63, 3.8) is 0 Å². The predicted molar refractivity (Wildman–Crippen MR) is 63.0 cm³/mol. The minimum atomic E-state index is -0.349. The lowest BCUT2D eigenvalue weighted by Crippen LogP contribution is -2.08. The summed E-state index contributed by atoms with van der Waals surface area (Å²) < 4.78 is 10.3. The zero-order valence-electron chi connectivity index (χ0n) is 10.3. The molecule has 0 saturated carbocycles. The predicted octanol–water partition coefficient (Wildman–Crippen LogP) is 2.88. The lowest BCUT2D eigenvalue weighted by molar-refractivity contribution is 0.0595. The maximum atomic E-state index is 11.6. The normalized spacial score (nSPS) is 10.0. The van der Waals surface area contributed by atoms with Crippen molar-refractivity contribution in [1.82, 2.24) is 0 Å². The minimum Gasteiger partial charge on any atom is -0.492 e. The van der Waals surface area contributed by atoms with Crippen LogP contribution in [0.1, 0.15) is 34.8 Å². The van der Waals surface area contributed by atoms with E-state index in [-0.39, 0.29) is 5.97 Å². The number of carbonyl (C=O) groups is 1. The van der Waals surface area contributed by atoms with Gasteiger partial charge < -0.3 is 9.47 Å². The number of rotatable bonds is 4. The van der Waals surface area contributed by atoms with Crippen molar-refractivity contribution in [2.24, 2.45) is 0 Å². The molecule has 0 saturated heterocycles. The number of ether oxygens (including phenoxy) is 2. The van der Waals surface area contributed by atoms with Crippen LogP contribution in [0.2, 0.25) is 0 Å². The molecule has 0 aliphatic rings. The number of aryl methyl sites for hydroxylation is 2. The van der Waals surface area contributed by atoms with Crippen molar-refractivity contribution in [3.8, 4) is 5.75 Å². The maximum absolute atomic E-state index is 11.6. The molecule has 0 amide bonds. The highest BCUT2D eigenvalue weighted by atomic mass is 16.5. The van der Waals surface area contributed by atoms with Gasteiger partial charge >= 0.3 is 5.97 Å². The first kappa shape index (κ1) is 12.6. The van der Waals surface area contributed by atoms with Gasteiger partial charge in [-0.1, -0.05) is 13.0 Å². The van der Waals surface area contributed by atoms with Gasteiger partial charge in [-0.25, -0.2) is 4.79 Å². The summed E-state index contributed by atoms with van der Waals surface area (Å²) in [5.41, 5.74) is 2.50. The topological polar surface area (TPSA) is 35.5 Å². The van der Waals surface area contributed by atoms with E-state index in [0.29, 0.717) is 17.9 Å². The molecule has 0 heterocycles. The van der Waals surface area contributed by atoms with Crippen LogP contribution in [0, 0.1) is 13.8 Å². The largest absolute Gasteiger partial charge is 0.492 e. The highest BCUT2D eigenvalue weighted by Gasteiger charge is 2.15. The van der Waals surface area contributed by atoms with Crippen LogP contribution in [0.3, 0.4) is 0 Å². The Morgan fingerprint density at radius 1 is 1.31 bits per heavy atom. The fraction of sp³-hybridized carbons (Fsp3) is 0.462. The molecule has 1 rings (SSSR count). The van der Waals surface area contributed by atoms with E-state index in [4.69, 9.17) is 9.47 Å². The molecule has 0 radical (unpaired) electrons. The number of hydrogen-bond acceptors (Lipinski definition) is 3. The quantitative estimate of drug-likeness (QED) is 0.735. The third-order valence-corrected chi connectivity index (χ3v) is 2.27. The molecule has 16 heavy (non-hydrogen) atoms. The molecule has 0 aliphatic heterocycles. The molecule has 3 nitrogen and oxygen atoms in total. The van der Waals surface area contributed by atoms with Gasteiger partial charge in [0.05, 0.1) is 13.7 Å². The summed E-state index contributed by atoms with van der Waals surface area (Å²) in [5.74, 6) is 0.289. The average molecular weight is 222 g/mol. The lowest BCUT2D eigenvalue weighted by atomic mass is 10.1. The van der Waals surface area contributed by atoms with Crippen LogP contribution in [0.15, 0.2) is 12.1 Å². The SMILES string of the molecule is CCCOc1c(C)cc(C)cc1C(=O)OC. The molecule has 0 N–H and O–H groups in total. The Labute approximate surface area is 96.4 Å². The second-order valence-corrected chi connectivity index (χ2v) is 3.80. The van der Waals surface area contributed by atoms with Crippen LogP contribution in [0.5, 0.6) is 5.75 Å². The molecule has 0 aliphatic carbocycles. The van der Waals surface area contributed by atoms with Crippen molar-refractivity contribution >= 4 is 5.97 Å². The zero-order chi connectivity index (χ0) is 12.1. The van der Waals surface area contributed by atoms with Crippen LogP contribution in [-0.4, -0.2) is 19.7 Å². The summed E-state index contributed by atoms with van der Waals surface area (Å²) >= 11 is 0. The first-order valence-corrected chi connectivity index (χ1v) is 5.42. The Hall–Kier alpha value is -1.51. The Bertz CT molecular complexity index is 383. The Kier molecular flexibility index (Phi) is 4.35. The molecule has 0 fully saturated rings. The number of hydrogen-bond donors (Lipinski definition) is 0. The lowest BCUT2D eigenvalue weighted by Gasteiger charge is -2.13. The molecule has 0 atom stereocenters. The fourth-order valence-electron chi connectivity index (χ4n) is 1.61. The van der Waals surface area contributed by atoms with Crippen LogP contribution in [0.4, 0.5) is 0 Å². The average Bonchev–Trinajstić information content (AvgIpc) is 2.26. The van der Waals surface area contributed by atoms with Gasteiger partial charge in [0, 0.05) is 0 Å². The van der Waals surface area contributed by atoms with Crippen molar-refractivity contribution in [2.75, 3.05) is 13.7 Å². The van der Waals surface area contributed by atoms with Crippen LogP contribution in [-0.2, 0) is 4.74 Å². The molecule has 1 aromatic rings. The van der Waals surface area contributed by atoms with Crippen molar-refractivity contribution in [3.05, 3.63) is 28.8 Å². The standard InChI is InChI=1S/C13H18O3/c1-5-6-16-12-10(3)7-9(2)8-11(12)13(14)15-4/h7-8H,5-6H2,1-4H3. The van der Waals surface area contributed by atoms with E-state index in [1.165, 1.54) is 7.11 Å². The van der Waals surface area contributed by atoms with E-state index >= 15 is 0 Å². The number of carbonyl (C=O) groups excluding carboxylic acids is 1. The first-order valence-electron chi connectivity index (χ1n) is 5.42. The molecule has 0 unspecified atom stereocenters. The Morgan fingerprint density at radius 3 is 2.56 bits per heavy atom. The number of esters is 1. The summed E-state index contributed by atoms with van der Waals surface area (Å²) in [6.45, 7) is 6.52. The smallest absolute Gasteiger partial charge is 0.341 e. The summed E-state index contributed by atoms with van der Waals surface area (Å²) in [7, 11) is 1.38. The van der Waals surface area contributed by atoms with Gasteiger partial charge in [0.1, 0.15) is 11.3 Å². The van der Waals surface area contributed by atoms with Crippen LogP contribution in [0.25, 0.3) is 0 Å². The Balaban J connectivity index is 3.15. The molecule has 0 aromatic heterocycles. The van der Waals surface area contributed by atoms with E-state index in [9.17, 15) is 4.79 Å². The van der Waals surface area contributed by atoms with Gasteiger partial charge in [-0.05, 0) is 37.5 Å². The molecule has 0 spiro atoms. The summed E-state index contributed by atoms with van der Waals surface area (Å²) in [6, 6.07) is 3.79. The van der Waals surface area contributed by atoms with E-state index < -0.39 is 0 Å². The van der Waals surface area contributed by atoms with Gasteiger partial charge in [0.2, 0.25) is 0 Å². The number of methoxy groups -OCH3 is 1. The van der Waals surface area contributed by atoms with Crippen molar-refractivity contribution < 1.29 is 14.3 Å². The molecule has 1 aromatic carbocycles. The minimum absolute atomic E-state index is 0.349. The molecular formula is C13H18O3. The molecule has 0 bridgehead atoms. The summed E-state index contributed by atoms with van der Waals surface area (Å²) in [4.78, 5) is 11.6. The van der Waals surface area contributed by atoms with Crippen LogP contribution < -0.4 is 4.74 Å². The van der Waals surface area contributed by atoms with E-state index in [1.54, 1.807) is 6.07 Å². The number of benzene rings is 1. The first-order chi connectivity index (χ1) is 7.60. The zero-order valence-corrected chi connectivity index (χ0v) is 10.3. The van der Waals surface area contributed by atoms with Crippen molar-refractivity contribution in [1.29, 1.82) is 0 Å². The molecule has 3 heteroatoms. The monoisotopic (exact) mass is 222 g/mol. The van der Waals surface area contributed by atoms with Gasteiger partial charge in [-0.2, -0.15) is 0 Å². The van der Waals surface area contributed by atoms with E-state index in [1.807, 2.05) is 26.8 Å². The Morgan fingerprint density at radius 2 is 2.00 bits per heavy atom. The van der Waals surface area contributed by atoms with Crippen LogP contribution >= 0.6 is 0 Å². The van der Waals surface area contributed by atoms with Crippen molar-refractivity contribution in [2.45, 2.75) is 27.2 Å². The van der Waals surface area contributed by atoms with Gasteiger partial charge in [0.15, 0.2) is 0 Å². The molecule has 88 valence electrons. The third-order valence-electron chi connectivity index (χ3n) is 2.27. The summed E-state index contributed by atoms with van der Waals surface area (Å²) in [6.07, 6.45) is 0.911. The maximum Gasteiger partial charge on any atom is 0.341 e. The summed E-state index contributed by atoms with van der Waals surface area (Å²) in [5, 5.41) is 0. The fourth-order valence-corrected chi connectivity index (χ4v) is 1.61. The van der Waals surface area contributed by atoms with E-state index in [0.717, 1.165) is 17.5 Å². The third kappa shape index (κ3) is 2.75. The molecular weight excluding hydrogens is 204 g/mol. The van der Waals surface area contributed by atoms with Gasteiger partial charge in [0.25, 0.3) is 0 Å². The highest BCUT2D eigenvalue weighted by Crippen LogP contribution is 2.26. The van der Waals surface area contributed by atoms with E-state index in [2.05, 4.69) is 0 Å². The second-order valence-electron chi connectivity index (χ2n) is 3.80. The van der Waals surface area contributed by atoms with Gasteiger partial charge in [-0.3, -0.25) is 0 Å². The highest BCUT2D eigenvalue weighted by molar-refractivity contribution is 5.93. The van der Waals surface area contributed by atoms with Gasteiger partial charge in [-0.15, -0.1) is 0 Å².